The summed E-state index contributed by atoms with van der Waals surface area (Å²) < 4.78 is 26.1. The number of unbranched alkanes of at least 4 members (excludes halogenated alkanes) is 1. The van der Waals surface area contributed by atoms with Gasteiger partial charge < -0.3 is 5.32 Å². The molecule has 1 aromatic rings. The third-order valence-electron chi connectivity index (χ3n) is 2.74. The Bertz CT molecular complexity index is 632. The number of sulfonamides is 1. The van der Waals surface area contributed by atoms with Gasteiger partial charge in [0.25, 0.3) is 0 Å². The monoisotopic (exact) mass is 322 g/mol. The molecule has 2 N–H and O–H groups in total. The van der Waals surface area contributed by atoms with Gasteiger partial charge >= 0.3 is 0 Å². The van der Waals surface area contributed by atoms with E-state index in [0.29, 0.717) is 17.8 Å². The highest BCUT2D eigenvalue weighted by Gasteiger charge is 2.09. The molecule has 0 fully saturated rings. The van der Waals surface area contributed by atoms with Crippen LogP contribution in [-0.2, 0) is 14.8 Å². The number of rotatable bonds is 8. The van der Waals surface area contributed by atoms with Gasteiger partial charge in [-0.25, -0.2) is 8.42 Å². The lowest BCUT2D eigenvalue weighted by Gasteiger charge is -2.08. The van der Waals surface area contributed by atoms with E-state index in [1.807, 2.05) is 19.9 Å². The van der Waals surface area contributed by atoms with Crippen molar-refractivity contribution in [2.45, 2.75) is 26.7 Å². The summed E-state index contributed by atoms with van der Waals surface area (Å²) in [7, 11) is -3.30. The molecule has 1 aromatic carbocycles. The van der Waals surface area contributed by atoms with Gasteiger partial charge in [0.2, 0.25) is 15.9 Å². The Morgan fingerprint density at radius 1 is 1.14 bits per heavy atom. The maximum absolute atomic E-state index is 11.8. The van der Waals surface area contributed by atoms with Gasteiger partial charge in [0, 0.05) is 17.5 Å². The van der Waals surface area contributed by atoms with Crippen LogP contribution >= 0.6 is 0 Å². The summed E-state index contributed by atoms with van der Waals surface area (Å²) >= 11 is 0. The lowest BCUT2D eigenvalue weighted by Crippen LogP contribution is -2.16. The lowest BCUT2D eigenvalue weighted by atomic mass is 10.3. The molecule has 5 nitrogen and oxygen atoms in total. The van der Waals surface area contributed by atoms with E-state index in [4.69, 9.17) is 0 Å². The van der Waals surface area contributed by atoms with E-state index in [9.17, 15) is 13.2 Å². The third-order valence-corrected chi connectivity index (χ3v) is 4.12. The average Bonchev–Trinajstić information content (AvgIpc) is 2.47. The van der Waals surface area contributed by atoms with Crippen molar-refractivity contribution >= 4 is 27.3 Å². The maximum Gasteiger partial charge on any atom is 0.248 e. The molecule has 6 heteroatoms. The second-order valence-electron chi connectivity index (χ2n) is 4.73. The fraction of sp³-hybridized carbons (Fsp3) is 0.312. The van der Waals surface area contributed by atoms with Crippen LogP contribution < -0.4 is 10.0 Å². The molecule has 1 rings (SSSR count). The quantitative estimate of drug-likeness (QED) is 0.569. The number of carbonyl (C=O) groups is 1. The first-order chi connectivity index (χ1) is 10.5. The number of allylic oxidation sites excluding steroid dienone is 3. The van der Waals surface area contributed by atoms with Crippen LogP contribution in [0.25, 0.3) is 0 Å². The van der Waals surface area contributed by atoms with Crippen molar-refractivity contribution in [1.82, 2.24) is 0 Å². The summed E-state index contributed by atoms with van der Waals surface area (Å²) in [4.78, 5) is 11.6. The first kappa shape index (κ1) is 18.0. The van der Waals surface area contributed by atoms with E-state index >= 15 is 0 Å². The van der Waals surface area contributed by atoms with Crippen LogP contribution in [0.5, 0.6) is 0 Å². The van der Waals surface area contributed by atoms with Gasteiger partial charge in [0.15, 0.2) is 0 Å². The van der Waals surface area contributed by atoms with Crippen LogP contribution in [0.2, 0.25) is 0 Å². The fourth-order valence-electron chi connectivity index (χ4n) is 1.62. The minimum Gasteiger partial charge on any atom is -0.323 e. The molecular weight excluding hydrogens is 300 g/mol. The third kappa shape index (κ3) is 7.08. The van der Waals surface area contributed by atoms with Crippen molar-refractivity contribution in [3.8, 4) is 0 Å². The SMILES string of the molecule is C/C=C/C=C/C(=O)Nc1ccc(NS(=O)(=O)CCCC)cc1. The van der Waals surface area contributed by atoms with Gasteiger partial charge in [-0.05, 0) is 37.6 Å². The van der Waals surface area contributed by atoms with Gasteiger partial charge in [-0.2, -0.15) is 0 Å². The minimum absolute atomic E-state index is 0.109. The van der Waals surface area contributed by atoms with E-state index in [1.54, 1.807) is 36.4 Å². The molecular formula is C16H22N2O3S. The second kappa shape index (κ2) is 9.04. The van der Waals surface area contributed by atoms with Crippen LogP contribution in [0, 0.1) is 0 Å². The van der Waals surface area contributed by atoms with Crippen molar-refractivity contribution in [3.63, 3.8) is 0 Å². The van der Waals surface area contributed by atoms with Crippen molar-refractivity contribution in [1.29, 1.82) is 0 Å². The van der Waals surface area contributed by atoms with Crippen LogP contribution in [-0.4, -0.2) is 20.1 Å². The number of hydrogen-bond acceptors (Lipinski definition) is 3. The van der Waals surface area contributed by atoms with Crippen LogP contribution in [0.4, 0.5) is 11.4 Å². The summed E-state index contributed by atoms with van der Waals surface area (Å²) in [6, 6.07) is 6.54. The van der Waals surface area contributed by atoms with Gasteiger partial charge in [-0.1, -0.05) is 31.6 Å². The van der Waals surface area contributed by atoms with Crippen molar-refractivity contribution < 1.29 is 13.2 Å². The standard InChI is InChI=1S/C16H22N2O3S/c1-3-5-7-8-16(19)17-14-9-11-15(12-10-14)18-22(20,21)13-6-4-2/h3,5,7-12,18H,4,6,13H2,1-2H3,(H,17,19)/b5-3+,8-7+. The Morgan fingerprint density at radius 3 is 2.36 bits per heavy atom. The summed E-state index contributed by atoms with van der Waals surface area (Å²) in [5.41, 5.74) is 1.09. The van der Waals surface area contributed by atoms with E-state index in [2.05, 4.69) is 10.0 Å². The first-order valence-corrected chi connectivity index (χ1v) is 8.83. The van der Waals surface area contributed by atoms with E-state index in [1.165, 1.54) is 6.08 Å². The van der Waals surface area contributed by atoms with Crippen molar-refractivity contribution in [2.24, 2.45) is 0 Å². The zero-order valence-electron chi connectivity index (χ0n) is 12.9. The van der Waals surface area contributed by atoms with Gasteiger partial charge in [0.1, 0.15) is 0 Å². The Hall–Kier alpha value is -2.08. The summed E-state index contributed by atoms with van der Waals surface area (Å²) in [6.45, 7) is 3.81. The molecule has 0 saturated carbocycles. The Morgan fingerprint density at radius 2 is 1.77 bits per heavy atom. The Kier molecular flexibility index (Phi) is 7.39. The lowest BCUT2D eigenvalue weighted by molar-refractivity contribution is -0.111. The van der Waals surface area contributed by atoms with Gasteiger partial charge in [-0.15, -0.1) is 0 Å². The average molecular weight is 322 g/mol. The minimum atomic E-state index is -3.30. The molecule has 0 saturated heterocycles. The van der Waals surface area contributed by atoms with E-state index < -0.39 is 10.0 Å². The number of benzene rings is 1. The molecule has 0 aliphatic heterocycles. The zero-order chi connectivity index (χ0) is 16.4. The predicted molar refractivity (Wildman–Crippen MR) is 91.3 cm³/mol. The molecule has 0 radical (unpaired) electrons. The number of hydrogen-bond donors (Lipinski definition) is 2. The topological polar surface area (TPSA) is 75.3 Å². The summed E-state index contributed by atoms with van der Waals surface area (Å²) in [5.74, 6) is -0.132. The highest BCUT2D eigenvalue weighted by molar-refractivity contribution is 7.92. The molecule has 1 amide bonds. The fourth-order valence-corrected chi connectivity index (χ4v) is 2.89. The molecule has 0 aromatic heterocycles. The number of amides is 1. The predicted octanol–water partition coefficient (Wildman–Crippen LogP) is 3.30. The van der Waals surface area contributed by atoms with Crippen molar-refractivity contribution in [2.75, 3.05) is 15.8 Å². The molecule has 0 heterocycles. The highest BCUT2D eigenvalue weighted by atomic mass is 32.2. The second-order valence-corrected chi connectivity index (χ2v) is 6.57. The van der Waals surface area contributed by atoms with Crippen LogP contribution in [0.1, 0.15) is 26.7 Å². The van der Waals surface area contributed by atoms with Gasteiger partial charge in [0.05, 0.1) is 5.75 Å². The number of anilines is 2. The molecule has 120 valence electrons. The Labute approximate surface area is 132 Å². The molecule has 0 aliphatic rings. The number of carbonyl (C=O) groups excluding carboxylic acids is 1. The smallest absolute Gasteiger partial charge is 0.248 e. The normalized spacial score (nSPS) is 11.9. The molecule has 0 unspecified atom stereocenters. The van der Waals surface area contributed by atoms with E-state index in [0.717, 1.165) is 6.42 Å². The molecule has 0 bridgehead atoms. The van der Waals surface area contributed by atoms with Crippen LogP contribution in [0.3, 0.4) is 0 Å². The summed E-state index contributed by atoms with van der Waals surface area (Å²) in [6.07, 6.45) is 8.10. The van der Waals surface area contributed by atoms with Gasteiger partial charge in [-0.3, -0.25) is 9.52 Å². The molecule has 22 heavy (non-hydrogen) atoms. The number of nitrogens with one attached hydrogen (secondary N) is 2. The van der Waals surface area contributed by atoms with Crippen LogP contribution in [0.15, 0.2) is 48.6 Å². The highest BCUT2D eigenvalue weighted by Crippen LogP contribution is 2.15. The summed E-state index contributed by atoms with van der Waals surface area (Å²) in [5, 5.41) is 2.69. The largest absolute Gasteiger partial charge is 0.323 e. The molecule has 0 aliphatic carbocycles. The zero-order valence-corrected chi connectivity index (χ0v) is 13.7. The first-order valence-electron chi connectivity index (χ1n) is 7.17. The molecule has 0 atom stereocenters. The van der Waals surface area contributed by atoms with E-state index in [-0.39, 0.29) is 11.7 Å². The maximum atomic E-state index is 11.8. The molecule has 0 spiro atoms. The van der Waals surface area contributed by atoms with Crippen molar-refractivity contribution in [3.05, 3.63) is 48.6 Å². The Balaban J connectivity index is 2.61.